The van der Waals surface area contributed by atoms with E-state index in [1.54, 1.807) is 23.1 Å². The van der Waals surface area contributed by atoms with Crippen LogP contribution in [0.3, 0.4) is 0 Å². The molecule has 1 aromatic heterocycles. The van der Waals surface area contributed by atoms with Crippen LogP contribution in [0.1, 0.15) is 5.82 Å². The third kappa shape index (κ3) is 2.79. The maximum Gasteiger partial charge on any atom is 0.323 e. The smallest absolute Gasteiger partial charge is 0.323 e. The van der Waals surface area contributed by atoms with Gasteiger partial charge in [0.25, 0.3) is 5.56 Å². The van der Waals surface area contributed by atoms with Crippen LogP contribution in [0.25, 0.3) is 10.9 Å². The number of fused-ring (bicyclic) bond motifs is 1. The summed E-state index contributed by atoms with van der Waals surface area (Å²) in [5.41, 5.74) is 0.395. The highest BCUT2D eigenvalue weighted by Crippen LogP contribution is 2.12. The summed E-state index contributed by atoms with van der Waals surface area (Å²) < 4.78 is 5.19. The van der Waals surface area contributed by atoms with Gasteiger partial charge < -0.3 is 14.8 Å². The molecule has 1 atom stereocenters. The quantitative estimate of drug-likeness (QED) is 0.838. The minimum absolute atomic E-state index is 0.146. The predicted molar refractivity (Wildman–Crippen MR) is 75.0 cm³/mol. The van der Waals surface area contributed by atoms with E-state index in [0.717, 1.165) is 0 Å². The van der Waals surface area contributed by atoms with Gasteiger partial charge >= 0.3 is 5.97 Å². The summed E-state index contributed by atoms with van der Waals surface area (Å²) in [6.45, 7) is 1.39. The number of carboxylic acids is 1. The summed E-state index contributed by atoms with van der Waals surface area (Å²) >= 11 is 0. The van der Waals surface area contributed by atoms with E-state index in [4.69, 9.17) is 4.74 Å². The molecule has 1 aliphatic rings. The lowest BCUT2D eigenvalue weighted by Gasteiger charge is -2.32. The second-order valence-electron chi connectivity index (χ2n) is 4.93. The Labute approximate surface area is 120 Å². The molecule has 0 bridgehead atoms. The third-order valence-corrected chi connectivity index (χ3v) is 3.54. The number of H-pyrrole nitrogens is 1. The summed E-state index contributed by atoms with van der Waals surface area (Å²) in [4.78, 5) is 32.1. The number of nitrogens with zero attached hydrogens (tertiary/aromatic N) is 2. The normalized spacial score (nSPS) is 19.7. The highest BCUT2D eigenvalue weighted by molar-refractivity contribution is 5.77. The molecule has 7 nitrogen and oxygen atoms in total. The summed E-state index contributed by atoms with van der Waals surface area (Å²) in [5, 5.41) is 9.72. The van der Waals surface area contributed by atoms with Crippen LogP contribution in [0.4, 0.5) is 0 Å². The van der Waals surface area contributed by atoms with Crippen LogP contribution in [0, 0.1) is 0 Å². The number of aromatic nitrogens is 2. The molecule has 110 valence electrons. The molecule has 0 amide bonds. The number of carboxylic acid groups (broad SMARTS) is 1. The largest absolute Gasteiger partial charge is 0.480 e. The number of morpholine rings is 1. The number of para-hydroxylation sites is 1. The molecule has 0 spiro atoms. The minimum Gasteiger partial charge on any atom is -0.480 e. The number of ether oxygens (including phenoxy) is 1. The molecule has 2 aromatic rings. The van der Waals surface area contributed by atoms with E-state index in [-0.39, 0.29) is 18.7 Å². The van der Waals surface area contributed by atoms with Crippen molar-refractivity contribution in [3.05, 3.63) is 40.4 Å². The maximum absolute atomic E-state index is 12.0. The van der Waals surface area contributed by atoms with Gasteiger partial charge in [-0.05, 0) is 12.1 Å². The number of hydrogen-bond acceptors (Lipinski definition) is 5. The zero-order valence-corrected chi connectivity index (χ0v) is 11.3. The lowest BCUT2D eigenvalue weighted by atomic mass is 10.2. The van der Waals surface area contributed by atoms with Gasteiger partial charge in [0.15, 0.2) is 0 Å². The van der Waals surface area contributed by atoms with Crippen LogP contribution in [-0.2, 0) is 16.1 Å². The van der Waals surface area contributed by atoms with Crippen LogP contribution in [0.15, 0.2) is 29.1 Å². The van der Waals surface area contributed by atoms with E-state index in [1.807, 2.05) is 6.07 Å². The van der Waals surface area contributed by atoms with Gasteiger partial charge in [0.2, 0.25) is 0 Å². The Balaban J connectivity index is 1.90. The summed E-state index contributed by atoms with van der Waals surface area (Å²) in [6, 6.07) is 6.35. The fraction of sp³-hybridized carbons (Fsp3) is 0.357. The van der Waals surface area contributed by atoms with Gasteiger partial charge in [-0.25, -0.2) is 4.98 Å². The number of benzene rings is 1. The van der Waals surface area contributed by atoms with Crippen LogP contribution in [-0.4, -0.2) is 51.7 Å². The molecule has 3 rings (SSSR count). The molecular weight excluding hydrogens is 274 g/mol. The second-order valence-corrected chi connectivity index (χ2v) is 4.93. The fourth-order valence-corrected chi connectivity index (χ4v) is 2.46. The van der Waals surface area contributed by atoms with Crippen molar-refractivity contribution in [1.82, 2.24) is 14.9 Å². The molecule has 1 aromatic carbocycles. The molecule has 7 heteroatoms. The van der Waals surface area contributed by atoms with Crippen molar-refractivity contribution in [3.8, 4) is 0 Å². The molecule has 0 radical (unpaired) electrons. The monoisotopic (exact) mass is 289 g/mol. The Bertz CT molecular complexity index is 727. The van der Waals surface area contributed by atoms with Gasteiger partial charge in [0.05, 0.1) is 30.7 Å². The van der Waals surface area contributed by atoms with Gasteiger partial charge in [-0.1, -0.05) is 12.1 Å². The molecule has 21 heavy (non-hydrogen) atoms. The average molecular weight is 289 g/mol. The SMILES string of the molecule is O=C(O)C1COCCN1Cc1nc2ccccc2c(=O)[nH]1. The van der Waals surface area contributed by atoms with E-state index < -0.39 is 12.0 Å². The van der Waals surface area contributed by atoms with Gasteiger partial charge in [-0.3, -0.25) is 14.5 Å². The topological polar surface area (TPSA) is 95.5 Å². The van der Waals surface area contributed by atoms with Crippen molar-refractivity contribution < 1.29 is 14.6 Å². The van der Waals surface area contributed by atoms with Crippen molar-refractivity contribution in [1.29, 1.82) is 0 Å². The van der Waals surface area contributed by atoms with E-state index in [9.17, 15) is 14.7 Å². The zero-order valence-electron chi connectivity index (χ0n) is 11.3. The van der Waals surface area contributed by atoms with Crippen LogP contribution in [0.5, 0.6) is 0 Å². The molecule has 1 unspecified atom stereocenters. The molecule has 0 aliphatic carbocycles. The Morgan fingerprint density at radius 1 is 1.48 bits per heavy atom. The Kier molecular flexibility index (Phi) is 3.68. The standard InChI is InChI=1S/C14H15N3O4/c18-13-9-3-1-2-4-10(9)15-12(16-13)7-17-5-6-21-8-11(17)14(19)20/h1-4,11H,5-8H2,(H,19,20)(H,15,16,18). The number of aromatic amines is 1. The van der Waals surface area contributed by atoms with E-state index in [1.165, 1.54) is 0 Å². The zero-order chi connectivity index (χ0) is 14.8. The number of aliphatic carboxylic acids is 1. The van der Waals surface area contributed by atoms with Gasteiger partial charge in [0.1, 0.15) is 11.9 Å². The Morgan fingerprint density at radius 3 is 3.10 bits per heavy atom. The molecular formula is C14H15N3O4. The second kappa shape index (κ2) is 5.63. The number of nitrogens with one attached hydrogen (secondary N) is 1. The van der Waals surface area contributed by atoms with Crippen LogP contribution in [0.2, 0.25) is 0 Å². The minimum atomic E-state index is -0.933. The summed E-state index contributed by atoms with van der Waals surface area (Å²) in [7, 11) is 0. The predicted octanol–water partition coefficient (Wildman–Crippen LogP) is 0.208. The van der Waals surface area contributed by atoms with Crippen LogP contribution >= 0.6 is 0 Å². The van der Waals surface area contributed by atoms with Crippen LogP contribution < -0.4 is 5.56 Å². The lowest BCUT2D eigenvalue weighted by molar-refractivity contribution is -0.150. The summed E-state index contributed by atoms with van der Waals surface area (Å²) in [5.74, 6) is -0.468. The van der Waals surface area contributed by atoms with Crippen molar-refractivity contribution in [2.45, 2.75) is 12.6 Å². The first-order valence-electron chi connectivity index (χ1n) is 6.67. The van der Waals surface area contributed by atoms with Crippen molar-refractivity contribution >= 4 is 16.9 Å². The van der Waals surface area contributed by atoms with Gasteiger partial charge in [-0.15, -0.1) is 0 Å². The number of hydrogen-bond donors (Lipinski definition) is 2. The first-order valence-corrected chi connectivity index (χ1v) is 6.67. The molecule has 1 fully saturated rings. The van der Waals surface area contributed by atoms with E-state index in [0.29, 0.717) is 29.9 Å². The van der Waals surface area contributed by atoms with Crippen molar-refractivity contribution in [3.63, 3.8) is 0 Å². The molecule has 2 heterocycles. The Hall–Kier alpha value is -2.25. The van der Waals surface area contributed by atoms with E-state index >= 15 is 0 Å². The Morgan fingerprint density at radius 2 is 2.29 bits per heavy atom. The lowest BCUT2D eigenvalue weighted by Crippen LogP contribution is -2.49. The fourth-order valence-electron chi connectivity index (χ4n) is 2.46. The third-order valence-electron chi connectivity index (χ3n) is 3.54. The molecule has 1 saturated heterocycles. The highest BCUT2D eigenvalue weighted by Gasteiger charge is 2.29. The highest BCUT2D eigenvalue weighted by atomic mass is 16.5. The molecule has 2 N–H and O–H groups in total. The molecule has 0 saturated carbocycles. The average Bonchev–Trinajstić information content (AvgIpc) is 2.47. The number of rotatable bonds is 3. The first kappa shape index (κ1) is 13.7. The van der Waals surface area contributed by atoms with Gasteiger partial charge in [0, 0.05) is 6.54 Å². The van der Waals surface area contributed by atoms with E-state index in [2.05, 4.69) is 9.97 Å². The van der Waals surface area contributed by atoms with Crippen molar-refractivity contribution in [2.75, 3.05) is 19.8 Å². The van der Waals surface area contributed by atoms with Gasteiger partial charge in [-0.2, -0.15) is 0 Å². The van der Waals surface area contributed by atoms with Crippen molar-refractivity contribution in [2.24, 2.45) is 0 Å². The first-order chi connectivity index (χ1) is 10.1. The molecule has 1 aliphatic heterocycles. The maximum atomic E-state index is 12.0. The number of carbonyl (C=O) groups is 1. The summed E-state index contributed by atoms with van der Waals surface area (Å²) in [6.07, 6.45) is 0.